The first kappa shape index (κ1) is 15.9. The van der Waals surface area contributed by atoms with Gasteiger partial charge < -0.3 is 5.32 Å². The average Bonchev–Trinajstić information content (AvgIpc) is 2.80. The van der Waals surface area contributed by atoms with E-state index in [9.17, 15) is 0 Å². The predicted octanol–water partition coefficient (Wildman–Crippen LogP) is 1.70. The fourth-order valence-corrected chi connectivity index (χ4v) is 2.80. The zero-order valence-corrected chi connectivity index (χ0v) is 13.3. The van der Waals surface area contributed by atoms with Crippen LogP contribution in [0.4, 0.5) is 0 Å². The molecule has 1 N–H and O–H groups in total. The van der Waals surface area contributed by atoms with Crippen molar-refractivity contribution in [3.05, 3.63) is 36.3 Å². The second-order valence-corrected chi connectivity index (χ2v) is 5.50. The molecule has 1 aliphatic rings. The molecule has 3 rings (SSSR count). The molecule has 0 saturated carbocycles. The minimum absolute atomic E-state index is 0. The van der Waals surface area contributed by atoms with Crippen LogP contribution in [0.3, 0.4) is 0 Å². The fraction of sp³-hybridized carbons (Fsp3) is 0.467. The van der Waals surface area contributed by atoms with Crippen molar-refractivity contribution in [2.24, 2.45) is 7.05 Å². The van der Waals surface area contributed by atoms with Crippen molar-refractivity contribution < 1.29 is 0 Å². The van der Waals surface area contributed by atoms with E-state index in [1.807, 2.05) is 36.3 Å². The first-order valence-corrected chi connectivity index (χ1v) is 7.11. The Kier molecular flexibility index (Phi) is 5.33. The smallest absolute Gasteiger partial charge is 0.0969 e. The summed E-state index contributed by atoms with van der Waals surface area (Å²) in [5, 5.41) is 8.09. The van der Waals surface area contributed by atoms with Crippen LogP contribution < -0.4 is 5.32 Å². The Morgan fingerprint density at radius 3 is 2.81 bits per heavy atom. The number of piperazine rings is 1. The zero-order valence-electron chi connectivity index (χ0n) is 12.5. The monoisotopic (exact) mass is 307 g/mol. The van der Waals surface area contributed by atoms with Crippen LogP contribution in [0.5, 0.6) is 0 Å². The number of pyridine rings is 1. The van der Waals surface area contributed by atoms with Gasteiger partial charge in [-0.3, -0.25) is 14.6 Å². The third-order valence-electron chi connectivity index (χ3n) is 3.71. The fourth-order valence-electron chi connectivity index (χ4n) is 2.80. The van der Waals surface area contributed by atoms with Crippen LogP contribution >= 0.6 is 12.4 Å². The van der Waals surface area contributed by atoms with E-state index in [-0.39, 0.29) is 12.4 Å². The molecule has 0 radical (unpaired) electrons. The minimum Gasteiger partial charge on any atom is -0.312 e. The molecule has 3 heterocycles. The summed E-state index contributed by atoms with van der Waals surface area (Å²) in [4.78, 5) is 6.57. The molecule has 2 aromatic rings. The lowest BCUT2D eigenvalue weighted by Crippen LogP contribution is -2.48. The SMILES string of the molecule is C[C@H]1CN(Cc2cn(C)nc2-c2ccncc2)CCN1.Cl. The predicted molar refractivity (Wildman–Crippen MR) is 86.4 cm³/mol. The Hall–Kier alpha value is -1.43. The molecular formula is C15H22ClN5. The Balaban J connectivity index is 0.00000161. The van der Waals surface area contributed by atoms with Crippen molar-refractivity contribution in [3.8, 4) is 11.3 Å². The first-order chi connectivity index (χ1) is 9.72. The van der Waals surface area contributed by atoms with E-state index in [2.05, 4.69) is 33.4 Å². The number of rotatable bonds is 3. The van der Waals surface area contributed by atoms with Gasteiger partial charge in [0.15, 0.2) is 0 Å². The summed E-state index contributed by atoms with van der Waals surface area (Å²) < 4.78 is 1.90. The van der Waals surface area contributed by atoms with E-state index in [1.54, 1.807) is 0 Å². The molecular weight excluding hydrogens is 286 g/mol. The van der Waals surface area contributed by atoms with Gasteiger partial charge in [0.25, 0.3) is 0 Å². The molecule has 0 aromatic carbocycles. The van der Waals surface area contributed by atoms with E-state index in [0.29, 0.717) is 6.04 Å². The molecule has 114 valence electrons. The lowest BCUT2D eigenvalue weighted by Gasteiger charge is -2.31. The van der Waals surface area contributed by atoms with Crippen molar-refractivity contribution in [2.75, 3.05) is 19.6 Å². The Morgan fingerprint density at radius 2 is 2.10 bits per heavy atom. The van der Waals surface area contributed by atoms with E-state index in [0.717, 1.165) is 37.4 Å². The molecule has 1 atom stereocenters. The molecule has 0 unspecified atom stereocenters. The lowest BCUT2D eigenvalue weighted by molar-refractivity contribution is 0.200. The highest BCUT2D eigenvalue weighted by atomic mass is 35.5. The molecule has 0 bridgehead atoms. The van der Waals surface area contributed by atoms with Crippen LogP contribution in [0.2, 0.25) is 0 Å². The van der Waals surface area contributed by atoms with Crippen LogP contribution in [0.1, 0.15) is 12.5 Å². The summed E-state index contributed by atoms with van der Waals surface area (Å²) in [5.41, 5.74) is 3.49. The standard InChI is InChI=1S/C15H21N5.ClH/c1-12-9-20(8-7-17-12)11-14-10-19(2)18-15(14)13-3-5-16-6-4-13;/h3-6,10,12,17H,7-9,11H2,1-2H3;1H/t12-;/m0./s1. The van der Waals surface area contributed by atoms with Gasteiger partial charge in [0.05, 0.1) is 5.69 Å². The highest BCUT2D eigenvalue weighted by Crippen LogP contribution is 2.22. The number of nitrogens with one attached hydrogen (secondary N) is 1. The number of hydrogen-bond donors (Lipinski definition) is 1. The maximum absolute atomic E-state index is 4.61. The van der Waals surface area contributed by atoms with Crippen molar-refractivity contribution in [1.82, 2.24) is 25.0 Å². The zero-order chi connectivity index (χ0) is 13.9. The van der Waals surface area contributed by atoms with Gasteiger partial charge in [-0.2, -0.15) is 5.10 Å². The van der Waals surface area contributed by atoms with Gasteiger partial charge in [-0.1, -0.05) is 0 Å². The maximum atomic E-state index is 4.61. The van der Waals surface area contributed by atoms with Crippen LogP contribution in [-0.4, -0.2) is 45.3 Å². The molecule has 1 aliphatic heterocycles. The van der Waals surface area contributed by atoms with E-state index in [4.69, 9.17) is 0 Å². The lowest BCUT2D eigenvalue weighted by atomic mass is 10.1. The average molecular weight is 308 g/mol. The van der Waals surface area contributed by atoms with Gasteiger partial charge in [-0.25, -0.2) is 0 Å². The molecule has 5 nitrogen and oxygen atoms in total. The largest absolute Gasteiger partial charge is 0.312 e. The van der Waals surface area contributed by atoms with Gasteiger partial charge in [0.1, 0.15) is 0 Å². The topological polar surface area (TPSA) is 46.0 Å². The number of hydrogen-bond acceptors (Lipinski definition) is 4. The van der Waals surface area contributed by atoms with Crippen LogP contribution in [-0.2, 0) is 13.6 Å². The quantitative estimate of drug-likeness (QED) is 0.937. The van der Waals surface area contributed by atoms with Crippen LogP contribution in [0, 0.1) is 0 Å². The summed E-state index contributed by atoms with van der Waals surface area (Å²) >= 11 is 0. The van der Waals surface area contributed by atoms with Crippen LogP contribution in [0.15, 0.2) is 30.7 Å². The highest BCUT2D eigenvalue weighted by Gasteiger charge is 2.18. The number of aryl methyl sites for hydroxylation is 1. The van der Waals surface area contributed by atoms with Gasteiger partial charge in [-0.15, -0.1) is 12.4 Å². The van der Waals surface area contributed by atoms with Gasteiger partial charge in [-0.05, 0) is 19.1 Å². The Morgan fingerprint density at radius 1 is 1.33 bits per heavy atom. The van der Waals surface area contributed by atoms with E-state index < -0.39 is 0 Å². The molecule has 1 saturated heterocycles. The number of halogens is 1. The summed E-state index contributed by atoms with van der Waals surface area (Å²) in [5.74, 6) is 0. The third kappa shape index (κ3) is 3.81. The van der Waals surface area contributed by atoms with Crippen molar-refractivity contribution in [3.63, 3.8) is 0 Å². The third-order valence-corrected chi connectivity index (χ3v) is 3.71. The van der Waals surface area contributed by atoms with Gasteiger partial charge in [0, 0.05) is 69.0 Å². The Labute approximate surface area is 131 Å². The van der Waals surface area contributed by atoms with Crippen molar-refractivity contribution in [2.45, 2.75) is 19.5 Å². The molecule has 6 heteroatoms. The summed E-state index contributed by atoms with van der Waals surface area (Å²) in [6, 6.07) is 4.60. The second kappa shape index (κ2) is 7.02. The molecule has 1 fully saturated rings. The van der Waals surface area contributed by atoms with Crippen molar-refractivity contribution >= 4 is 12.4 Å². The van der Waals surface area contributed by atoms with Gasteiger partial charge in [0.2, 0.25) is 0 Å². The summed E-state index contributed by atoms with van der Waals surface area (Å²) in [6.45, 7) is 6.43. The molecule has 0 aliphatic carbocycles. The number of aromatic nitrogens is 3. The minimum atomic E-state index is 0. The summed E-state index contributed by atoms with van der Waals surface area (Å²) in [6.07, 6.45) is 5.77. The maximum Gasteiger partial charge on any atom is 0.0969 e. The molecule has 0 amide bonds. The number of nitrogens with zero attached hydrogens (tertiary/aromatic N) is 4. The Bertz CT molecular complexity index is 569. The molecule has 0 spiro atoms. The van der Waals surface area contributed by atoms with Crippen LogP contribution in [0.25, 0.3) is 11.3 Å². The van der Waals surface area contributed by atoms with E-state index in [1.165, 1.54) is 5.56 Å². The van der Waals surface area contributed by atoms with Crippen molar-refractivity contribution in [1.29, 1.82) is 0 Å². The highest BCUT2D eigenvalue weighted by molar-refractivity contribution is 5.85. The van der Waals surface area contributed by atoms with Gasteiger partial charge >= 0.3 is 0 Å². The van der Waals surface area contributed by atoms with E-state index >= 15 is 0 Å². The second-order valence-electron chi connectivity index (χ2n) is 5.50. The molecule has 21 heavy (non-hydrogen) atoms. The first-order valence-electron chi connectivity index (χ1n) is 7.11. The normalized spacial score (nSPS) is 19.2. The summed E-state index contributed by atoms with van der Waals surface area (Å²) in [7, 11) is 1.98. The molecule has 2 aromatic heterocycles.